The molecule has 0 aliphatic carbocycles. The van der Waals surface area contributed by atoms with E-state index in [-0.39, 0.29) is 29.8 Å². The number of aromatic nitrogens is 1. The minimum absolute atomic E-state index is 0. The number of halogens is 2. The highest BCUT2D eigenvalue weighted by atomic mass is 127. The van der Waals surface area contributed by atoms with E-state index in [0.717, 1.165) is 11.1 Å². The topological polar surface area (TPSA) is 67.8 Å². The number of ether oxygens (including phenoxy) is 2. The van der Waals surface area contributed by atoms with Gasteiger partial charge in [-0.05, 0) is 29.7 Å². The largest absolute Gasteiger partial charge is 0.475 e. The van der Waals surface area contributed by atoms with Gasteiger partial charge in [-0.25, -0.2) is 9.37 Å². The second kappa shape index (κ2) is 12.4. The van der Waals surface area contributed by atoms with Gasteiger partial charge in [0.05, 0.1) is 6.61 Å². The van der Waals surface area contributed by atoms with E-state index in [1.807, 2.05) is 18.2 Å². The Morgan fingerprint density at radius 3 is 2.41 bits per heavy atom. The molecule has 2 N–H and O–H groups in total. The van der Waals surface area contributed by atoms with Crippen LogP contribution < -0.4 is 15.4 Å². The monoisotopic (exact) mass is 488 g/mol. The van der Waals surface area contributed by atoms with Crippen molar-refractivity contribution in [2.75, 3.05) is 27.4 Å². The number of hydrogen-bond acceptors (Lipinski definition) is 4. The standard InChI is InChI=1S/C19H25FN4O2.HI/c1-14-10-15(4-6-17(14)20)11-23-19(21-2)24-13-16-5-7-18(22-12-16)26-9-8-25-3;/h4-7,10,12H,8-9,11,13H2,1-3H3,(H2,21,23,24);1H. The molecule has 0 aliphatic rings. The van der Waals surface area contributed by atoms with Gasteiger partial charge in [0.1, 0.15) is 12.4 Å². The van der Waals surface area contributed by atoms with E-state index in [9.17, 15) is 4.39 Å². The second-order valence-corrected chi connectivity index (χ2v) is 5.71. The van der Waals surface area contributed by atoms with Crippen LogP contribution in [0.4, 0.5) is 4.39 Å². The first-order chi connectivity index (χ1) is 12.6. The first-order valence-corrected chi connectivity index (χ1v) is 8.38. The van der Waals surface area contributed by atoms with Crippen molar-refractivity contribution in [3.8, 4) is 5.88 Å². The van der Waals surface area contributed by atoms with Crippen LogP contribution in [0.5, 0.6) is 5.88 Å². The Morgan fingerprint density at radius 2 is 1.81 bits per heavy atom. The summed E-state index contributed by atoms with van der Waals surface area (Å²) in [5, 5.41) is 6.42. The van der Waals surface area contributed by atoms with Gasteiger partial charge in [0.15, 0.2) is 5.96 Å². The van der Waals surface area contributed by atoms with E-state index in [1.54, 1.807) is 33.3 Å². The van der Waals surface area contributed by atoms with Gasteiger partial charge in [-0.15, -0.1) is 24.0 Å². The van der Waals surface area contributed by atoms with Crippen molar-refractivity contribution in [3.05, 3.63) is 59.0 Å². The lowest BCUT2D eigenvalue weighted by Gasteiger charge is -2.12. The first kappa shape index (κ1) is 23.1. The molecule has 0 spiro atoms. The number of rotatable bonds is 8. The summed E-state index contributed by atoms with van der Waals surface area (Å²) in [5.74, 6) is 1.03. The molecule has 0 atom stereocenters. The molecule has 0 fully saturated rings. The number of nitrogens with one attached hydrogen (secondary N) is 2. The van der Waals surface area contributed by atoms with Crippen LogP contribution >= 0.6 is 24.0 Å². The number of guanidine groups is 1. The summed E-state index contributed by atoms with van der Waals surface area (Å²) in [6.45, 7) is 3.89. The molecule has 0 aliphatic heterocycles. The lowest BCUT2D eigenvalue weighted by Crippen LogP contribution is -2.36. The maximum Gasteiger partial charge on any atom is 0.213 e. The molecule has 8 heteroatoms. The fourth-order valence-corrected chi connectivity index (χ4v) is 2.24. The Bertz CT molecular complexity index is 726. The number of aryl methyl sites for hydroxylation is 1. The molecule has 0 saturated heterocycles. The normalized spacial score (nSPS) is 10.9. The van der Waals surface area contributed by atoms with E-state index >= 15 is 0 Å². The third-order valence-corrected chi connectivity index (χ3v) is 3.70. The van der Waals surface area contributed by atoms with Crippen molar-refractivity contribution in [2.45, 2.75) is 20.0 Å². The summed E-state index contributed by atoms with van der Waals surface area (Å²) in [6.07, 6.45) is 1.76. The Balaban J connectivity index is 0.00000364. The van der Waals surface area contributed by atoms with Crippen LogP contribution in [-0.4, -0.2) is 38.3 Å². The van der Waals surface area contributed by atoms with Gasteiger partial charge >= 0.3 is 0 Å². The molecule has 1 aromatic carbocycles. The van der Waals surface area contributed by atoms with Crippen LogP contribution in [0, 0.1) is 12.7 Å². The second-order valence-electron chi connectivity index (χ2n) is 5.71. The fraction of sp³-hybridized carbons (Fsp3) is 0.368. The quantitative estimate of drug-likeness (QED) is 0.259. The Labute approximate surface area is 176 Å². The van der Waals surface area contributed by atoms with Crippen molar-refractivity contribution in [2.24, 2.45) is 4.99 Å². The van der Waals surface area contributed by atoms with Crippen molar-refractivity contribution in [3.63, 3.8) is 0 Å². The molecule has 0 bridgehead atoms. The van der Waals surface area contributed by atoms with E-state index in [1.165, 1.54) is 6.07 Å². The highest BCUT2D eigenvalue weighted by Crippen LogP contribution is 2.09. The zero-order valence-electron chi connectivity index (χ0n) is 15.8. The summed E-state index contributed by atoms with van der Waals surface area (Å²) in [6, 6.07) is 8.82. The van der Waals surface area contributed by atoms with Crippen LogP contribution in [0.2, 0.25) is 0 Å². The van der Waals surface area contributed by atoms with Crippen molar-refractivity contribution in [1.82, 2.24) is 15.6 Å². The maximum absolute atomic E-state index is 13.3. The molecule has 6 nitrogen and oxygen atoms in total. The molecular weight excluding hydrogens is 462 g/mol. The predicted molar refractivity (Wildman–Crippen MR) is 115 cm³/mol. The van der Waals surface area contributed by atoms with Crippen molar-refractivity contribution in [1.29, 1.82) is 0 Å². The SMILES string of the molecule is CN=C(NCc1ccc(OCCOC)nc1)NCc1ccc(F)c(C)c1.I. The molecule has 0 unspecified atom stereocenters. The molecule has 0 saturated carbocycles. The summed E-state index contributed by atoms with van der Waals surface area (Å²) in [5.41, 5.74) is 2.63. The number of nitrogens with zero attached hydrogens (tertiary/aromatic N) is 2. The number of methoxy groups -OCH3 is 1. The lowest BCUT2D eigenvalue weighted by molar-refractivity contribution is 0.143. The maximum atomic E-state index is 13.3. The number of benzene rings is 1. The molecule has 1 heterocycles. The molecule has 2 rings (SSSR count). The predicted octanol–water partition coefficient (Wildman–Crippen LogP) is 3.04. The average molecular weight is 488 g/mol. The van der Waals surface area contributed by atoms with Gasteiger partial charge in [-0.1, -0.05) is 18.2 Å². The Kier molecular flexibility index (Phi) is 10.6. The molecular formula is C19H26FIN4O2. The van der Waals surface area contributed by atoms with Gasteiger partial charge in [0, 0.05) is 39.5 Å². The van der Waals surface area contributed by atoms with Crippen molar-refractivity contribution >= 4 is 29.9 Å². The molecule has 1 aromatic heterocycles. The van der Waals surface area contributed by atoms with E-state index in [4.69, 9.17) is 9.47 Å². The number of aliphatic imine (C=N–C) groups is 1. The van der Waals surface area contributed by atoms with E-state index in [2.05, 4.69) is 20.6 Å². The van der Waals surface area contributed by atoms with Gasteiger partial charge in [-0.2, -0.15) is 0 Å². The van der Waals surface area contributed by atoms with Crippen LogP contribution in [0.25, 0.3) is 0 Å². The highest BCUT2D eigenvalue weighted by molar-refractivity contribution is 14.0. The fourth-order valence-electron chi connectivity index (χ4n) is 2.24. The summed E-state index contributed by atoms with van der Waals surface area (Å²) in [4.78, 5) is 8.44. The minimum Gasteiger partial charge on any atom is -0.475 e. The Hall–Kier alpha value is -1.94. The van der Waals surface area contributed by atoms with Crippen LogP contribution in [-0.2, 0) is 17.8 Å². The van der Waals surface area contributed by atoms with Crippen LogP contribution in [0.3, 0.4) is 0 Å². The van der Waals surface area contributed by atoms with Gasteiger partial charge in [-0.3, -0.25) is 4.99 Å². The van der Waals surface area contributed by atoms with Crippen molar-refractivity contribution < 1.29 is 13.9 Å². The number of pyridine rings is 1. The highest BCUT2D eigenvalue weighted by Gasteiger charge is 2.03. The molecule has 0 amide bonds. The molecule has 27 heavy (non-hydrogen) atoms. The molecule has 0 radical (unpaired) electrons. The summed E-state index contributed by atoms with van der Waals surface area (Å²) < 4.78 is 23.7. The minimum atomic E-state index is -0.196. The zero-order valence-corrected chi connectivity index (χ0v) is 18.1. The van der Waals surface area contributed by atoms with Gasteiger partial charge in [0.25, 0.3) is 0 Å². The van der Waals surface area contributed by atoms with E-state index in [0.29, 0.717) is 43.7 Å². The first-order valence-electron chi connectivity index (χ1n) is 8.38. The zero-order chi connectivity index (χ0) is 18.8. The smallest absolute Gasteiger partial charge is 0.213 e. The summed E-state index contributed by atoms with van der Waals surface area (Å²) >= 11 is 0. The Morgan fingerprint density at radius 1 is 1.11 bits per heavy atom. The molecule has 2 aromatic rings. The van der Waals surface area contributed by atoms with E-state index < -0.39 is 0 Å². The van der Waals surface area contributed by atoms with Crippen LogP contribution in [0.15, 0.2) is 41.5 Å². The van der Waals surface area contributed by atoms with Gasteiger partial charge < -0.3 is 20.1 Å². The van der Waals surface area contributed by atoms with Crippen LogP contribution in [0.1, 0.15) is 16.7 Å². The molecule has 148 valence electrons. The van der Waals surface area contributed by atoms with Gasteiger partial charge in [0.2, 0.25) is 5.88 Å². The lowest BCUT2D eigenvalue weighted by atomic mass is 10.1. The third kappa shape index (κ3) is 8.08. The third-order valence-electron chi connectivity index (χ3n) is 3.70. The summed E-state index contributed by atoms with van der Waals surface area (Å²) in [7, 11) is 3.33. The average Bonchev–Trinajstić information content (AvgIpc) is 2.66. The number of hydrogen-bond donors (Lipinski definition) is 2.